The van der Waals surface area contributed by atoms with Gasteiger partial charge in [0.1, 0.15) is 18.1 Å². The lowest BCUT2D eigenvalue weighted by Crippen LogP contribution is -2.46. The van der Waals surface area contributed by atoms with Crippen LogP contribution < -0.4 is 14.8 Å². The number of aryl methyl sites for hydroxylation is 3. The second-order valence-corrected chi connectivity index (χ2v) is 8.56. The van der Waals surface area contributed by atoms with E-state index in [-0.39, 0.29) is 36.7 Å². The summed E-state index contributed by atoms with van der Waals surface area (Å²) >= 11 is 0. The molecule has 7 nitrogen and oxygen atoms in total. The summed E-state index contributed by atoms with van der Waals surface area (Å²) in [5, 5.41) is 2.72. The number of amides is 2. The molecule has 1 aliphatic rings. The molecule has 2 aromatic rings. The molecule has 176 valence electrons. The van der Waals surface area contributed by atoms with Gasteiger partial charge in [0.25, 0.3) is 5.91 Å². The number of hydrogen-bond donors (Lipinski definition) is 1. The fourth-order valence-electron chi connectivity index (χ4n) is 4.10. The van der Waals surface area contributed by atoms with Crippen LogP contribution in [0.15, 0.2) is 36.4 Å². The Morgan fingerprint density at radius 2 is 1.82 bits per heavy atom. The van der Waals surface area contributed by atoms with Crippen LogP contribution in [-0.4, -0.2) is 55.8 Å². The van der Waals surface area contributed by atoms with Crippen molar-refractivity contribution in [1.29, 1.82) is 0 Å². The maximum absolute atomic E-state index is 13.1. The van der Waals surface area contributed by atoms with Gasteiger partial charge in [-0.1, -0.05) is 29.8 Å². The third-order valence-electron chi connectivity index (χ3n) is 5.91. The van der Waals surface area contributed by atoms with E-state index in [1.807, 2.05) is 45.0 Å². The molecule has 1 atom stereocenters. The zero-order valence-corrected chi connectivity index (χ0v) is 19.8. The van der Waals surface area contributed by atoms with Crippen molar-refractivity contribution in [3.63, 3.8) is 0 Å². The van der Waals surface area contributed by atoms with Crippen LogP contribution in [0.1, 0.15) is 39.9 Å². The van der Waals surface area contributed by atoms with Gasteiger partial charge < -0.3 is 19.7 Å². The fourth-order valence-corrected chi connectivity index (χ4v) is 4.10. The van der Waals surface area contributed by atoms with Crippen LogP contribution in [0.2, 0.25) is 0 Å². The molecule has 0 saturated carbocycles. The van der Waals surface area contributed by atoms with Crippen LogP contribution in [0.25, 0.3) is 0 Å². The molecule has 1 saturated heterocycles. The maximum atomic E-state index is 13.1. The van der Waals surface area contributed by atoms with Crippen LogP contribution in [0, 0.1) is 26.7 Å². The number of piperidine rings is 1. The number of rotatable bonds is 8. The van der Waals surface area contributed by atoms with Crippen molar-refractivity contribution in [2.75, 3.05) is 33.4 Å². The number of carbonyl (C=O) groups is 3. The number of nitrogens with one attached hydrogen (secondary N) is 1. The van der Waals surface area contributed by atoms with Gasteiger partial charge in [0.05, 0.1) is 25.1 Å². The first kappa shape index (κ1) is 24.3. The molecule has 1 fully saturated rings. The van der Waals surface area contributed by atoms with E-state index in [0.717, 1.165) is 23.1 Å². The predicted molar refractivity (Wildman–Crippen MR) is 126 cm³/mol. The van der Waals surface area contributed by atoms with E-state index in [4.69, 9.17) is 9.47 Å². The standard InChI is InChI=1S/C26H32N2O5/c1-17-10-11-23(32-4)22(13-17)26(31)28-12-6-9-20(15-28)25(30)27-14-21(29)16-33-24-18(2)7-5-8-19(24)3/h5,7-8,10-11,13,20H,6,9,12,14-16H2,1-4H3,(H,27,30)/t20-/m0/s1. The van der Waals surface area contributed by atoms with Crippen LogP contribution in [0.3, 0.4) is 0 Å². The van der Waals surface area contributed by atoms with E-state index in [1.165, 1.54) is 7.11 Å². The smallest absolute Gasteiger partial charge is 0.257 e. The number of hydrogen-bond acceptors (Lipinski definition) is 5. The number of methoxy groups -OCH3 is 1. The lowest BCUT2D eigenvalue weighted by molar-refractivity contribution is -0.129. The Hall–Kier alpha value is -3.35. The first-order valence-corrected chi connectivity index (χ1v) is 11.2. The summed E-state index contributed by atoms with van der Waals surface area (Å²) in [6.45, 7) is 6.48. The summed E-state index contributed by atoms with van der Waals surface area (Å²) in [4.78, 5) is 39.7. The maximum Gasteiger partial charge on any atom is 0.257 e. The molecule has 2 aromatic carbocycles. The van der Waals surface area contributed by atoms with E-state index in [9.17, 15) is 14.4 Å². The normalized spacial score (nSPS) is 15.6. The average molecular weight is 453 g/mol. The molecule has 1 aliphatic heterocycles. The molecule has 1 N–H and O–H groups in total. The molecule has 0 radical (unpaired) electrons. The summed E-state index contributed by atoms with van der Waals surface area (Å²) in [6.07, 6.45) is 1.40. The van der Waals surface area contributed by atoms with Gasteiger partial charge in [0.2, 0.25) is 5.91 Å². The molecule has 0 spiro atoms. The second-order valence-electron chi connectivity index (χ2n) is 8.56. The van der Waals surface area contributed by atoms with Gasteiger partial charge >= 0.3 is 0 Å². The summed E-state index contributed by atoms with van der Waals surface area (Å²) in [6, 6.07) is 11.3. The molecular formula is C26H32N2O5. The number of likely N-dealkylation sites (tertiary alicyclic amines) is 1. The summed E-state index contributed by atoms with van der Waals surface area (Å²) in [5.41, 5.74) is 3.39. The van der Waals surface area contributed by atoms with Gasteiger partial charge in [0.15, 0.2) is 5.78 Å². The van der Waals surface area contributed by atoms with Gasteiger partial charge in [-0.15, -0.1) is 0 Å². The van der Waals surface area contributed by atoms with Gasteiger partial charge in [-0.3, -0.25) is 14.4 Å². The molecule has 2 amide bonds. The zero-order chi connectivity index (χ0) is 24.0. The van der Waals surface area contributed by atoms with Gasteiger partial charge in [0, 0.05) is 13.1 Å². The second kappa shape index (κ2) is 11.0. The Kier molecular flexibility index (Phi) is 8.09. The van der Waals surface area contributed by atoms with Crippen LogP contribution >= 0.6 is 0 Å². The number of Topliss-reactive ketones (excluding diaryl/α,β-unsaturated/α-hetero) is 1. The van der Waals surface area contributed by atoms with Crippen molar-refractivity contribution in [2.45, 2.75) is 33.6 Å². The van der Waals surface area contributed by atoms with E-state index >= 15 is 0 Å². The minimum atomic E-state index is -0.356. The highest BCUT2D eigenvalue weighted by atomic mass is 16.5. The zero-order valence-electron chi connectivity index (χ0n) is 19.8. The third-order valence-corrected chi connectivity index (χ3v) is 5.91. The number of carbonyl (C=O) groups excluding carboxylic acids is 3. The van der Waals surface area contributed by atoms with Crippen LogP contribution in [-0.2, 0) is 9.59 Å². The highest BCUT2D eigenvalue weighted by Gasteiger charge is 2.30. The number of nitrogens with zero attached hydrogens (tertiary/aromatic N) is 1. The molecule has 3 rings (SSSR count). The molecule has 0 aromatic heterocycles. The number of benzene rings is 2. The fraction of sp³-hybridized carbons (Fsp3) is 0.423. The first-order chi connectivity index (χ1) is 15.8. The van der Waals surface area contributed by atoms with E-state index in [1.54, 1.807) is 17.0 Å². The van der Waals surface area contributed by atoms with Crippen LogP contribution in [0.4, 0.5) is 0 Å². The molecule has 1 heterocycles. The van der Waals surface area contributed by atoms with E-state index in [0.29, 0.717) is 36.6 Å². The van der Waals surface area contributed by atoms with Crippen molar-refractivity contribution in [1.82, 2.24) is 10.2 Å². The van der Waals surface area contributed by atoms with Crippen molar-refractivity contribution in [3.8, 4) is 11.5 Å². The summed E-state index contributed by atoms with van der Waals surface area (Å²) in [7, 11) is 1.54. The number of para-hydroxylation sites is 1. The first-order valence-electron chi connectivity index (χ1n) is 11.2. The van der Waals surface area contributed by atoms with Gasteiger partial charge in [-0.25, -0.2) is 0 Å². The Morgan fingerprint density at radius 3 is 2.52 bits per heavy atom. The molecule has 0 aliphatic carbocycles. The summed E-state index contributed by atoms with van der Waals surface area (Å²) < 4.78 is 11.0. The SMILES string of the molecule is COc1ccc(C)cc1C(=O)N1CCC[C@H](C(=O)NCC(=O)COc2c(C)cccc2C)C1. The van der Waals surface area contributed by atoms with Crippen molar-refractivity contribution >= 4 is 17.6 Å². The largest absolute Gasteiger partial charge is 0.496 e. The monoisotopic (exact) mass is 452 g/mol. The highest BCUT2D eigenvalue weighted by molar-refractivity contribution is 5.97. The average Bonchev–Trinajstić information content (AvgIpc) is 2.81. The molecule has 0 unspecified atom stereocenters. The number of ketones is 1. The third kappa shape index (κ3) is 6.12. The lowest BCUT2D eigenvalue weighted by atomic mass is 9.96. The quantitative estimate of drug-likeness (QED) is 0.665. The molecular weight excluding hydrogens is 420 g/mol. The summed E-state index contributed by atoms with van der Waals surface area (Å²) in [5.74, 6) is 0.289. The topological polar surface area (TPSA) is 84.9 Å². The van der Waals surface area contributed by atoms with Crippen LogP contribution in [0.5, 0.6) is 11.5 Å². The minimum absolute atomic E-state index is 0.0973. The predicted octanol–water partition coefficient (Wildman–Crippen LogP) is 3.24. The Morgan fingerprint density at radius 1 is 1.09 bits per heavy atom. The van der Waals surface area contributed by atoms with Gasteiger partial charge in [-0.05, 0) is 56.9 Å². The van der Waals surface area contributed by atoms with E-state index in [2.05, 4.69) is 5.32 Å². The van der Waals surface area contributed by atoms with Crippen molar-refractivity contribution in [3.05, 3.63) is 58.7 Å². The Bertz CT molecular complexity index is 1010. The minimum Gasteiger partial charge on any atom is -0.496 e. The van der Waals surface area contributed by atoms with Crippen molar-refractivity contribution < 1.29 is 23.9 Å². The number of ether oxygens (including phenoxy) is 2. The van der Waals surface area contributed by atoms with Gasteiger partial charge in [-0.2, -0.15) is 0 Å². The molecule has 33 heavy (non-hydrogen) atoms. The molecule has 7 heteroatoms. The lowest BCUT2D eigenvalue weighted by Gasteiger charge is -2.32. The molecule has 0 bridgehead atoms. The van der Waals surface area contributed by atoms with Crippen molar-refractivity contribution in [2.24, 2.45) is 5.92 Å². The van der Waals surface area contributed by atoms with E-state index < -0.39 is 0 Å². The highest BCUT2D eigenvalue weighted by Crippen LogP contribution is 2.25. The Balaban J connectivity index is 1.53. The Labute approximate surface area is 195 Å².